The van der Waals surface area contributed by atoms with Gasteiger partial charge in [0, 0.05) is 24.9 Å². The molecule has 0 fully saturated rings. The van der Waals surface area contributed by atoms with Crippen LogP contribution in [-0.2, 0) is 24.1 Å². The first-order valence-corrected chi connectivity index (χ1v) is 9.20. The van der Waals surface area contributed by atoms with E-state index >= 15 is 0 Å². The summed E-state index contributed by atoms with van der Waals surface area (Å²) in [6, 6.07) is 13.8. The van der Waals surface area contributed by atoms with E-state index in [9.17, 15) is 9.59 Å². The summed E-state index contributed by atoms with van der Waals surface area (Å²) < 4.78 is 5.13. The largest absolute Gasteiger partial charge is 0.497 e. The number of benzene rings is 2. The molecule has 0 radical (unpaired) electrons. The van der Waals surface area contributed by atoms with E-state index in [0.717, 1.165) is 36.1 Å². The molecule has 4 nitrogen and oxygen atoms in total. The third kappa shape index (κ3) is 4.72. The van der Waals surface area contributed by atoms with Crippen LogP contribution < -0.4 is 10.1 Å². The Labute approximate surface area is 154 Å². The highest BCUT2D eigenvalue weighted by Crippen LogP contribution is 2.23. The van der Waals surface area contributed by atoms with E-state index in [1.54, 1.807) is 7.11 Å². The molecule has 0 saturated carbocycles. The van der Waals surface area contributed by atoms with Gasteiger partial charge in [0.2, 0.25) is 5.91 Å². The zero-order valence-electron chi connectivity index (χ0n) is 15.2. The van der Waals surface area contributed by atoms with Gasteiger partial charge >= 0.3 is 0 Å². The van der Waals surface area contributed by atoms with E-state index < -0.39 is 0 Å². The summed E-state index contributed by atoms with van der Waals surface area (Å²) in [7, 11) is 1.64. The van der Waals surface area contributed by atoms with Gasteiger partial charge in [0.1, 0.15) is 5.75 Å². The van der Waals surface area contributed by atoms with Crippen molar-refractivity contribution >= 4 is 11.7 Å². The molecule has 1 amide bonds. The highest BCUT2D eigenvalue weighted by molar-refractivity contribution is 5.98. The van der Waals surface area contributed by atoms with E-state index in [0.29, 0.717) is 6.54 Å². The number of ether oxygens (including phenoxy) is 1. The maximum atomic E-state index is 12.3. The molecule has 2 aromatic carbocycles. The van der Waals surface area contributed by atoms with E-state index in [-0.39, 0.29) is 24.5 Å². The molecule has 0 saturated heterocycles. The first kappa shape index (κ1) is 18.2. The number of fused-ring (bicyclic) bond motifs is 1. The molecular formula is C22H25NO3. The number of hydrogen-bond acceptors (Lipinski definition) is 3. The Kier molecular flexibility index (Phi) is 6.05. The molecular weight excluding hydrogens is 326 g/mol. The third-order valence-corrected chi connectivity index (χ3v) is 4.89. The molecule has 0 spiro atoms. The average Bonchev–Trinajstić information content (AvgIpc) is 3.14. The molecule has 26 heavy (non-hydrogen) atoms. The van der Waals surface area contributed by atoms with E-state index in [2.05, 4.69) is 11.4 Å². The highest BCUT2D eigenvalue weighted by Gasteiger charge is 2.14. The molecule has 2 aromatic rings. The Morgan fingerprint density at radius 3 is 2.54 bits per heavy atom. The van der Waals surface area contributed by atoms with Crippen LogP contribution in [0.15, 0.2) is 42.5 Å². The minimum absolute atomic E-state index is 0.0463. The fraction of sp³-hybridized carbons (Fsp3) is 0.364. The molecule has 0 aliphatic heterocycles. The van der Waals surface area contributed by atoms with Crippen molar-refractivity contribution in [2.24, 2.45) is 0 Å². The number of ketones is 1. The number of rotatable bonds is 8. The number of nitrogens with one attached hydrogen (secondary N) is 1. The Balaban J connectivity index is 1.40. The predicted molar refractivity (Wildman–Crippen MR) is 102 cm³/mol. The summed E-state index contributed by atoms with van der Waals surface area (Å²) in [6.45, 7) is 0.568. The average molecular weight is 351 g/mol. The minimum Gasteiger partial charge on any atom is -0.497 e. The number of aryl methyl sites for hydroxylation is 2. The van der Waals surface area contributed by atoms with E-state index in [4.69, 9.17) is 4.74 Å². The monoisotopic (exact) mass is 351 g/mol. The summed E-state index contributed by atoms with van der Waals surface area (Å²) in [5.41, 5.74) is 4.52. The van der Waals surface area contributed by atoms with Gasteiger partial charge in [-0.2, -0.15) is 0 Å². The molecule has 4 heteroatoms. The molecule has 1 N–H and O–H groups in total. The fourth-order valence-electron chi connectivity index (χ4n) is 3.34. The number of methoxy groups -OCH3 is 1. The third-order valence-electron chi connectivity index (χ3n) is 4.89. The van der Waals surface area contributed by atoms with Gasteiger partial charge in [0.25, 0.3) is 0 Å². The summed E-state index contributed by atoms with van der Waals surface area (Å²) in [4.78, 5) is 24.3. The first-order chi connectivity index (χ1) is 12.7. The topological polar surface area (TPSA) is 55.4 Å². The number of carbonyl (C=O) groups is 2. The van der Waals surface area contributed by atoms with Crippen molar-refractivity contribution in [2.75, 3.05) is 13.7 Å². The lowest BCUT2D eigenvalue weighted by Crippen LogP contribution is -2.26. The van der Waals surface area contributed by atoms with Crippen molar-refractivity contribution in [3.63, 3.8) is 0 Å². The van der Waals surface area contributed by atoms with Crippen molar-refractivity contribution in [1.29, 1.82) is 0 Å². The summed E-state index contributed by atoms with van der Waals surface area (Å²) >= 11 is 0. The Morgan fingerprint density at radius 2 is 1.77 bits per heavy atom. The zero-order chi connectivity index (χ0) is 18.4. The molecule has 0 aromatic heterocycles. The van der Waals surface area contributed by atoms with Gasteiger partial charge in [-0.05, 0) is 60.6 Å². The van der Waals surface area contributed by atoms with Gasteiger partial charge in [-0.3, -0.25) is 9.59 Å². The summed E-state index contributed by atoms with van der Waals surface area (Å²) in [5, 5.41) is 2.89. The molecule has 0 unspecified atom stereocenters. The molecule has 1 aliphatic rings. The smallest absolute Gasteiger partial charge is 0.220 e. The minimum atomic E-state index is -0.0759. The number of Topliss-reactive ketones (excluding diaryl/α,β-unsaturated/α-hetero) is 1. The van der Waals surface area contributed by atoms with Crippen LogP contribution in [0.2, 0.25) is 0 Å². The van der Waals surface area contributed by atoms with Gasteiger partial charge in [-0.1, -0.05) is 24.3 Å². The Morgan fingerprint density at radius 1 is 1.00 bits per heavy atom. The fourth-order valence-corrected chi connectivity index (χ4v) is 3.34. The van der Waals surface area contributed by atoms with Gasteiger partial charge in [0.05, 0.1) is 7.11 Å². The van der Waals surface area contributed by atoms with E-state index in [1.807, 2.05) is 36.4 Å². The van der Waals surface area contributed by atoms with Crippen LogP contribution in [0.25, 0.3) is 0 Å². The summed E-state index contributed by atoms with van der Waals surface area (Å²) in [5.74, 6) is 0.792. The standard InChI is InChI=1S/C22H25NO3/c1-26-20-9-5-16(6-10-20)13-14-23-22(25)12-11-21(24)19-8-7-17-3-2-4-18(17)15-19/h5-10,15H,2-4,11-14H2,1H3,(H,23,25). The molecule has 136 valence electrons. The van der Waals surface area contributed by atoms with Gasteiger partial charge < -0.3 is 10.1 Å². The van der Waals surface area contributed by atoms with Crippen molar-refractivity contribution in [3.05, 3.63) is 64.7 Å². The second-order valence-corrected chi connectivity index (χ2v) is 6.71. The van der Waals surface area contributed by atoms with Gasteiger partial charge in [-0.15, -0.1) is 0 Å². The quantitative estimate of drug-likeness (QED) is 0.741. The van der Waals surface area contributed by atoms with Crippen molar-refractivity contribution in [1.82, 2.24) is 5.32 Å². The number of amides is 1. The maximum absolute atomic E-state index is 12.3. The Hall–Kier alpha value is -2.62. The lowest BCUT2D eigenvalue weighted by Gasteiger charge is -2.07. The number of hydrogen-bond donors (Lipinski definition) is 1. The lowest BCUT2D eigenvalue weighted by molar-refractivity contribution is -0.121. The van der Waals surface area contributed by atoms with Gasteiger partial charge in [0.15, 0.2) is 5.78 Å². The lowest BCUT2D eigenvalue weighted by atomic mass is 10.0. The van der Waals surface area contributed by atoms with Crippen molar-refractivity contribution in [2.45, 2.75) is 38.5 Å². The Bertz CT molecular complexity index is 780. The summed E-state index contributed by atoms with van der Waals surface area (Å²) in [6.07, 6.45) is 4.59. The molecule has 1 aliphatic carbocycles. The second kappa shape index (κ2) is 8.65. The van der Waals surface area contributed by atoms with Gasteiger partial charge in [-0.25, -0.2) is 0 Å². The molecule has 0 bridgehead atoms. The van der Waals surface area contributed by atoms with Crippen LogP contribution >= 0.6 is 0 Å². The van der Waals surface area contributed by atoms with Crippen LogP contribution in [-0.4, -0.2) is 25.3 Å². The highest BCUT2D eigenvalue weighted by atomic mass is 16.5. The van der Waals surface area contributed by atoms with Crippen LogP contribution in [0.5, 0.6) is 5.75 Å². The SMILES string of the molecule is COc1ccc(CCNC(=O)CCC(=O)c2ccc3c(c2)CCC3)cc1. The normalized spacial score (nSPS) is 12.5. The molecule has 3 rings (SSSR count). The maximum Gasteiger partial charge on any atom is 0.220 e. The first-order valence-electron chi connectivity index (χ1n) is 9.20. The number of carbonyl (C=O) groups excluding carboxylic acids is 2. The van der Waals surface area contributed by atoms with Crippen LogP contribution in [0.3, 0.4) is 0 Å². The zero-order valence-corrected chi connectivity index (χ0v) is 15.2. The van der Waals surface area contributed by atoms with Crippen molar-refractivity contribution in [3.8, 4) is 5.75 Å². The molecule has 0 heterocycles. The predicted octanol–water partition coefficient (Wildman–Crippen LogP) is 3.51. The van der Waals surface area contributed by atoms with Crippen LogP contribution in [0, 0.1) is 0 Å². The van der Waals surface area contributed by atoms with Crippen molar-refractivity contribution < 1.29 is 14.3 Å². The second-order valence-electron chi connectivity index (χ2n) is 6.71. The van der Waals surface area contributed by atoms with E-state index in [1.165, 1.54) is 17.5 Å². The van der Waals surface area contributed by atoms with Crippen LogP contribution in [0.4, 0.5) is 0 Å². The molecule has 0 atom stereocenters. The van der Waals surface area contributed by atoms with Crippen LogP contribution in [0.1, 0.15) is 46.3 Å².